The summed E-state index contributed by atoms with van der Waals surface area (Å²) in [5, 5.41) is 3.19. The number of hydrogen-bond acceptors (Lipinski definition) is 4. The van der Waals surface area contributed by atoms with Crippen LogP contribution in [0.25, 0.3) is 0 Å². The lowest BCUT2D eigenvalue weighted by molar-refractivity contribution is 0.785. The third kappa shape index (κ3) is 3.56. The first-order chi connectivity index (χ1) is 8.15. The summed E-state index contributed by atoms with van der Waals surface area (Å²) in [6.07, 6.45) is 0. The van der Waals surface area contributed by atoms with Crippen LogP contribution in [0.5, 0.6) is 0 Å². The molecule has 0 amide bonds. The normalized spacial score (nSPS) is 12.6. The first-order valence-corrected chi connectivity index (χ1v) is 7.41. The number of aromatic nitrogens is 1. The van der Waals surface area contributed by atoms with E-state index in [1.54, 1.807) is 11.3 Å². The summed E-state index contributed by atoms with van der Waals surface area (Å²) in [4.78, 5) is 5.81. The van der Waals surface area contributed by atoms with Crippen LogP contribution in [0, 0.1) is 6.92 Å². The second-order valence-corrected chi connectivity index (χ2v) is 6.05. The Hall–Kier alpha value is -0.840. The van der Waals surface area contributed by atoms with Crippen LogP contribution < -0.4 is 5.73 Å². The van der Waals surface area contributed by atoms with Gasteiger partial charge in [-0.2, -0.15) is 0 Å². The summed E-state index contributed by atoms with van der Waals surface area (Å²) < 4.78 is 0. The maximum atomic E-state index is 5.79. The van der Waals surface area contributed by atoms with Crippen molar-refractivity contribution in [2.24, 2.45) is 5.73 Å². The monoisotopic (exact) mass is 264 g/mol. The zero-order chi connectivity index (χ0) is 12.3. The fourth-order valence-electron chi connectivity index (χ4n) is 1.45. The Balaban J connectivity index is 1.97. The summed E-state index contributed by atoms with van der Waals surface area (Å²) in [7, 11) is 0. The van der Waals surface area contributed by atoms with Gasteiger partial charge in [-0.05, 0) is 26.0 Å². The van der Waals surface area contributed by atoms with Crippen molar-refractivity contribution >= 4 is 23.1 Å². The molecule has 90 valence electrons. The predicted molar refractivity (Wildman–Crippen MR) is 75.5 cm³/mol. The zero-order valence-electron chi connectivity index (χ0n) is 10.0. The number of rotatable bonds is 4. The average Bonchev–Trinajstić information content (AvgIpc) is 2.75. The number of hydrogen-bond donors (Lipinski definition) is 1. The average molecular weight is 264 g/mol. The minimum absolute atomic E-state index is 0.0315. The molecule has 2 nitrogen and oxygen atoms in total. The molecule has 0 saturated heterocycles. The van der Waals surface area contributed by atoms with E-state index >= 15 is 0 Å². The van der Waals surface area contributed by atoms with Crippen LogP contribution in [0.15, 0.2) is 34.5 Å². The SMILES string of the molecule is Cc1cccc(SCc2nc(C(C)N)cs2)c1. The van der Waals surface area contributed by atoms with Crippen molar-refractivity contribution < 1.29 is 0 Å². The molecule has 1 heterocycles. The molecule has 0 aliphatic carbocycles. The van der Waals surface area contributed by atoms with Gasteiger partial charge in [-0.15, -0.1) is 23.1 Å². The molecule has 1 atom stereocenters. The predicted octanol–water partition coefficient (Wildman–Crippen LogP) is 3.76. The Labute approximate surface area is 110 Å². The van der Waals surface area contributed by atoms with Crippen LogP contribution in [-0.2, 0) is 5.75 Å². The molecule has 0 aliphatic heterocycles. The molecule has 2 N–H and O–H groups in total. The van der Waals surface area contributed by atoms with Gasteiger partial charge in [0, 0.05) is 16.3 Å². The zero-order valence-corrected chi connectivity index (χ0v) is 11.6. The first kappa shape index (κ1) is 12.6. The lowest BCUT2D eigenvalue weighted by Crippen LogP contribution is -2.05. The van der Waals surface area contributed by atoms with Crippen LogP contribution in [0.1, 0.15) is 29.2 Å². The maximum absolute atomic E-state index is 5.79. The molecule has 1 aromatic heterocycles. The molecule has 0 spiro atoms. The number of nitrogens with two attached hydrogens (primary N) is 1. The Morgan fingerprint density at radius 3 is 2.94 bits per heavy atom. The van der Waals surface area contributed by atoms with E-state index in [-0.39, 0.29) is 6.04 Å². The third-order valence-corrected chi connectivity index (χ3v) is 4.44. The quantitative estimate of drug-likeness (QED) is 0.854. The van der Waals surface area contributed by atoms with Crippen molar-refractivity contribution in [1.82, 2.24) is 4.98 Å². The standard InChI is InChI=1S/C13H16N2S2/c1-9-4-3-5-11(6-9)16-8-13-15-12(7-17-13)10(2)14/h3-7,10H,8,14H2,1-2H3. The second-order valence-electron chi connectivity index (χ2n) is 4.06. The highest BCUT2D eigenvalue weighted by Gasteiger charge is 2.06. The lowest BCUT2D eigenvalue weighted by atomic mass is 10.2. The molecule has 17 heavy (non-hydrogen) atoms. The largest absolute Gasteiger partial charge is 0.323 e. The van der Waals surface area contributed by atoms with Crippen LogP contribution in [0.2, 0.25) is 0 Å². The summed E-state index contributed by atoms with van der Waals surface area (Å²) in [5.41, 5.74) is 8.08. The summed E-state index contributed by atoms with van der Waals surface area (Å²) >= 11 is 3.51. The Morgan fingerprint density at radius 2 is 2.29 bits per heavy atom. The van der Waals surface area contributed by atoms with E-state index in [9.17, 15) is 0 Å². The van der Waals surface area contributed by atoms with Gasteiger partial charge in [0.1, 0.15) is 5.01 Å². The summed E-state index contributed by atoms with van der Waals surface area (Å²) in [5.74, 6) is 0.918. The van der Waals surface area contributed by atoms with E-state index < -0.39 is 0 Å². The Bertz CT molecular complexity index is 492. The van der Waals surface area contributed by atoms with Gasteiger partial charge in [0.2, 0.25) is 0 Å². The number of aryl methyl sites for hydroxylation is 1. The Morgan fingerprint density at radius 1 is 1.47 bits per heavy atom. The van der Waals surface area contributed by atoms with Gasteiger partial charge in [-0.1, -0.05) is 17.7 Å². The topological polar surface area (TPSA) is 38.9 Å². The molecular formula is C13H16N2S2. The summed E-state index contributed by atoms with van der Waals surface area (Å²) in [6, 6.07) is 8.57. The minimum atomic E-state index is 0.0315. The molecule has 0 aliphatic rings. The van der Waals surface area contributed by atoms with Gasteiger partial charge >= 0.3 is 0 Å². The number of benzene rings is 1. The Kier molecular flexibility index (Phi) is 4.20. The molecule has 2 rings (SSSR count). The van der Waals surface area contributed by atoms with Crippen molar-refractivity contribution in [3.05, 3.63) is 45.9 Å². The van der Waals surface area contributed by atoms with Crippen LogP contribution in [0.4, 0.5) is 0 Å². The van der Waals surface area contributed by atoms with E-state index in [4.69, 9.17) is 5.73 Å². The lowest BCUT2D eigenvalue weighted by Gasteiger charge is -2.01. The number of thioether (sulfide) groups is 1. The van der Waals surface area contributed by atoms with E-state index in [2.05, 4.69) is 41.6 Å². The molecular weight excluding hydrogens is 248 g/mol. The molecule has 0 radical (unpaired) electrons. The molecule has 0 saturated carbocycles. The molecule has 2 aromatic rings. The van der Waals surface area contributed by atoms with Gasteiger partial charge in [-0.25, -0.2) is 4.98 Å². The van der Waals surface area contributed by atoms with Crippen molar-refractivity contribution in [1.29, 1.82) is 0 Å². The van der Waals surface area contributed by atoms with Gasteiger partial charge in [0.05, 0.1) is 11.4 Å². The van der Waals surface area contributed by atoms with Crippen molar-refractivity contribution in [2.75, 3.05) is 0 Å². The minimum Gasteiger partial charge on any atom is -0.323 e. The van der Waals surface area contributed by atoms with Crippen LogP contribution >= 0.6 is 23.1 Å². The fraction of sp³-hybridized carbons (Fsp3) is 0.308. The first-order valence-electron chi connectivity index (χ1n) is 5.54. The third-order valence-electron chi connectivity index (χ3n) is 2.39. The highest BCUT2D eigenvalue weighted by atomic mass is 32.2. The van der Waals surface area contributed by atoms with Gasteiger partial charge in [0.25, 0.3) is 0 Å². The highest BCUT2D eigenvalue weighted by molar-refractivity contribution is 7.98. The molecule has 1 unspecified atom stereocenters. The molecule has 0 fully saturated rings. The van der Waals surface area contributed by atoms with Crippen molar-refractivity contribution in [3.63, 3.8) is 0 Å². The summed E-state index contributed by atoms with van der Waals surface area (Å²) in [6.45, 7) is 4.08. The van der Waals surface area contributed by atoms with Gasteiger partial charge in [0.15, 0.2) is 0 Å². The molecule has 0 bridgehead atoms. The van der Waals surface area contributed by atoms with E-state index in [1.165, 1.54) is 10.5 Å². The molecule has 4 heteroatoms. The smallest absolute Gasteiger partial charge is 0.103 e. The fourth-order valence-corrected chi connectivity index (χ4v) is 3.38. The van der Waals surface area contributed by atoms with Crippen molar-refractivity contribution in [3.8, 4) is 0 Å². The van der Waals surface area contributed by atoms with E-state index in [1.807, 2.05) is 18.7 Å². The number of nitrogens with zero attached hydrogens (tertiary/aromatic N) is 1. The van der Waals surface area contributed by atoms with Gasteiger partial charge in [-0.3, -0.25) is 0 Å². The highest BCUT2D eigenvalue weighted by Crippen LogP contribution is 2.25. The maximum Gasteiger partial charge on any atom is 0.103 e. The van der Waals surface area contributed by atoms with Crippen LogP contribution in [0.3, 0.4) is 0 Å². The van der Waals surface area contributed by atoms with E-state index in [0.29, 0.717) is 0 Å². The van der Waals surface area contributed by atoms with E-state index in [0.717, 1.165) is 16.5 Å². The second kappa shape index (κ2) is 5.67. The van der Waals surface area contributed by atoms with Crippen LogP contribution in [-0.4, -0.2) is 4.98 Å². The molecule has 1 aromatic carbocycles. The van der Waals surface area contributed by atoms with Crippen molar-refractivity contribution in [2.45, 2.75) is 30.5 Å². The number of thiazole rings is 1. The van der Waals surface area contributed by atoms with Gasteiger partial charge < -0.3 is 5.73 Å².